The number of halogens is 1. The van der Waals surface area contributed by atoms with E-state index in [1.807, 2.05) is 18.2 Å². The Labute approximate surface area is 89.3 Å². The monoisotopic (exact) mass is 217 g/mol. The summed E-state index contributed by atoms with van der Waals surface area (Å²) in [6.45, 7) is 0.535. The highest BCUT2D eigenvalue weighted by Gasteiger charge is 1.90. The molecule has 72 valence electrons. The summed E-state index contributed by atoms with van der Waals surface area (Å²) in [5, 5.41) is 0. The van der Waals surface area contributed by atoms with Gasteiger partial charge in [-0.05, 0) is 12.1 Å². The first-order valence-corrected chi connectivity index (χ1v) is 4.25. The first kappa shape index (κ1) is 12.3. The first-order chi connectivity index (χ1) is 5.83. The zero-order chi connectivity index (χ0) is 8.81. The highest BCUT2D eigenvalue weighted by molar-refractivity contribution is 7.81. The van der Waals surface area contributed by atoms with Crippen LogP contribution in [-0.2, 0) is 6.54 Å². The molecule has 0 amide bonds. The molecule has 1 aromatic heterocycles. The van der Waals surface area contributed by atoms with E-state index in [9.17, 15) is 0 Å². The number of hydrogen-bond acceptors (Lipinski definition) is 3. The van der Waals surface area contributed by atoms with Crippen molar-refractivity contribution in [2.45, 2.75) is 6.54 Å². The molecule has 0 bridgehead atoms. The van der Waals surface area contributed by atoms with Crippen LogP contribution in [0, 0.1) is 0 Å². The molecule has 0 aliphatic rings. The molecule has 5 heteroatoms. The number of aliphatic imine (C=N–C) groups is 1. The van der Waals surface area contributed by atoms with Crippen molar-refractivity contribution in [1.29, 1.82) is 0 Å². The van der Waals surface area contributed by atoms with E-state index >= 15 is 0 Å². The molecular formula is C8H12ClN3S. The number of amidine groups is 1. The predicted molar refractivity (Wildman–Crippen MR) is 60.7 cm³/mol. The molecule has 0 atom stereocenters. The second-order valence-corrected chi connectivity index (χ2v) is 2.60. The molecule has 0 radical (unpaired) electrons. The van der Waals surface area contributed by atoms with Gasteiger partial charge in [-0.15, -0.1) is 12.4 Å². The molecule has 0 aliphatic heterocycles. The van der Waals surface area contributed by atoms with E-state index < -0.39 is 0 Å². The van der Waals surface area contributed by atoms with Crippen LogP contribution in [0.4, 0.5) is 0 Å². The van der Waals surface area contributed by atoms with E-state index in [2.05, 4.69) is 22.6 Å². The molecule has 0 saturated carbocycles. The molecule has 1 heterocycles. The van der Waals surface area contributed by atoms with Gasteiger partial charge in [0, 0.05) is 11.9 Å². The highest BCUT2D eigenvalue weighted by atomic mass is 35.5. The largest absolute Gasteiger partial charge is 0.387 e. The van der Waals surface area contributed by atoms with E-state index in [1.54, 1.807) is 6.20 Å². The fraction of sp³-hybridized carbons (Fsp3) is 0.250. The third-order valence-corrected chi connectivity index (χ3v) is 1.66. The summed E-state index contributed by atoms with van der Waals surface area (Å²) in [6, 6.07) is 5.71. The number of thiol groups is 1. The standard InChI is InChI=1S/C8H11N3S.ClH/c9-8(6-12)11-5-7-3-1-2-4-10-7;/h1-4,12H,5-6H2,(H2,9,11);1H. The Morgan fingerprint density at radius 1 is 1.54 bits per heavy atom. The van der Waals surface area contributed by atoms with Gasteiger partial charge in [0.25, 0.3) is 0 Å². The van der Waals surface area contributed by atoms with Crippen LogP contribution in [0.15, 0.2) is 29.4 Å². The lowest BCUT2D eigenvalue weighted by Gasteiger charge is -1.95. The fourth-order valence-corrected chi connectivity index (χ4v) is 0.824. The molecule has 0 spiro atoms. The van der Waals surface area contributed by atoms with Gasteiger partial charge in [-0.25, -0.2) is 0 Å². The minimum atomic E-state index is 0. The number of aromatic nitrogens is 1. The quantitative estimate of drug-likeness (QED) is 0.456. The summed E-state index contributed by atoms with van der Waals surface area (Å²) in [5.41, 5.74) is 6.39. The minimum Gasteiger partial charge on any atom is -0.387 e. The Bertz CT molecular complexity index is 263. The highest BCUT2D eigenvalue weighted by Crippen LogP contribution is 1.95. The molecule has 3 nitrogen and oxygen atoms in total. The summed E-state index contributed by atoms with van der Waals surface area (Å²) >= 11 is 3.99. The van der Waals surface area contributed by atoms with Gasteiger partial charge in [0.1, 0.15) is 5.84 Å². The summed E-state index contributed by atoms with van der Waals surface area (Å²) in [5.74, 6) is 1.04. The minimum absolute atomic E-state index is 0. The van der Waals surface area contributed by atoms with Gasteiger partial charge >= 0.3 is 0 Å². The Kier molecular flexibility index (Phi) is 6.36. The maximum atomic E-state index is 5.47. The molecule has 0 fully saturated rings. The number of nitrogens with two attached hydrogens (primary N) is 1. The predicted octanol–water partition coefficient (Wildman–Crippen LogP) is 1.29. The van der Waals surface area contributed by atoms with Crippen LogP contribution >= 0.6 is 25.0 Å². The van der Waals surface area contributed by atoms with Gasteiger partial charge in [0.05, 0.1) is 12.2 Å². The van der Waals surface area contributed by atoms with Gasteiger partial charge in [0.2, 0.25) is 0 Å². The van der Waals surface area contributed by atoms with E-state index in [4.69, 9.17) is 5.73 Å². The smallest absolute Gasteiger partial charge is 0.104 e. The number of pyridine rings is 1. The molecule has 0 saturated heterocycles. The zero-order valence-corrected chi connectivity index (χ0v) is 8.76. The second-order valence-electron chi connectivity index (χ2n) is 2.29. The molecule has 0 unspecified atom stereocenters. The van der Waals surface area contributed by atoms with Gasteiger partial charge in [-0.1, -0.05) is 6.07 Å². The zero-order valence-electron chi connectivity index (χ0n) is 7.05. The van der Waals surface area contributed by atoms with E-state index in [1.165, 1.54) is 0 Å². The molecule has 0 aromatic carbocycles. The lowest BCUT2D eigenvalue weighted by molar-refractivity contribution is 0.985. The average Bonchev–Trinajstić information content (AvgIpc) is 2.16. The summed E-state index contributed by atoms with van der Waals surface area (Å²) in [6.07, 6.45) is 1.74. The number of hydrogen-bond donors (Lipinski definition) is 2. The van der Waals surface area contributed by atoms with Crippen LogP contribution in [0.25, 0.3) is 0 Å². The lowest BCUT2D eigenvalue weighted by Crippen LogP contribution is -2.13. The van der Waals surface area contributed by atoms with Crippen molar-refractivity contribution in [3.8, 4) is 0 Å². The third-order valence-electron chi connectivity index (χ3n) is 1.33. The Morgan fingerprint density at radius 2 is 2.31 bits per heavy atom. The Balaban J connectivity index is 0.00000144. The Morgan fingerprint density at radius 3 is 2.85 bits per heavy atom. The summed E-state index contributed by atoms with van der Waals surface area (Å²) in [4.78, 5) is 8.17. The Hall–Kier alpha value is -0.740. The second kappa shape index (κ2) is 6.74. The molecule has 0 aliphatic carbocycles. The molecule has 1 aromatic rings. The van der Waals surface area contributed by atoms with Crippen LogP contribution < -0.4 is 5.73 Å². The van der Waals surface area contributed by atoms with Gasteiger partial charge < -0.3 is 5.73 Å². The summed E-state index contributed by atoms with van der Waals surface area (Å²) < 4.78 is 0. The molecule has 1 rings (SSSR count). The van der Waals surface area contributed by atoms with Crippen LogP contribution in [0.1, 0.15) is 5.69 Å². The van der Waals surface area contributed by atoms with Crippen molar-refractivity contribution in [2.24, 2.45) is 10.7 Å². The number of rotatable bonds is 3. The molecule has 2 N–H and O–H groups in total. The third kappa shape index (κ3) is 4.75. The normalized spacial score (nSPS) is 10.7. The SMILES string of the molecule is Cl.NC(CS)=NCc1ccccn1. The van der Waals surface area contributed by atoms with Crippen molar-refractivity contribution >= 4 is 30.9 Å². The number of nitrogens with zero attached hydrogens (tertiary/aromatic N) is 2. The first-order valence-electron chi connectivity index (χ1n) is 3.62. The van der Waals surface area contributed by atoms with Crippen molar-refractivity contribution in [3.05, 3.63) is 30.1 Å². The maximum Gasteiger partial charge on any atom is 0.104 e. The van der Waals surface area contributed by atoms with Crippen molar-refractivity contribution in [3.63, 3.8) is 0 Å². The molecular weight excluding hydrogens is 206 g/mol. The van der Waals surface area contributed by atoms with Gasteiger partial charge in [-0.3, -0.25) is 9.98 Å². The van der Waals surface area contributed by atoms with E-state index in [0.29, 0.717) is 18.1 Å². The topological polar surface area (TPSA) is 51.3 Å². The summed E-state index contributed by atoms with van der Waals surface area (Å²) in [7, 11) is 0. The lowest BCUT2D eigenvalue weighted by atomic mass is 10.3. The van der Waals surface area contributed by atoms with E-state index in [-0.39, 0.29) is 12.4 Å². The van der Waals surface area contributed by atoms with Crippen LogP contribution in [0.3, 0.4) is 0 Å². The molecule has 13 heavy (non-hydrogen) atoms. The maximum absolute atomic E-state index is 5.47. The van der Waals surface area contributed by atoms with Crippen molar-refractivity contribution < 1.29 is 0 Å². The van der Waals surface area contributed by atoms with Crippen LogP contribution in [-0.4, -0.2) is 16.6 Å². The fourth-order valence-electron chi connectivity index (χ4n) is 0.724. The van der Waals surface area contributed by atoms with Gasteiger partial charge in [-0.2, -0.15) is 12.6 Å². The van der Waals surface area contributed by atoms with Crippen LogP contribution in [0.5, 0.6) is 0 Å². The van der Waals surface area contributed by atoms with Gasteiger partial charge in [0.15, 0.2) is 0 Å². The van der Waals surface area contributed by atoms with Crippen molar-refractivity contribution in [1.82, 2.24) is 4.98 Å². The average molecular weight is 218 g/mol. The van der Waals surface area contributed by atoms with Crippen molar-refractivity contribution in [2.75, 3.05) is 5.75 Å². The van der Waals surface area contributed by atoms with E-state index in [0.717, 1.165) is 5.69 Å². The van der Waals surface area contributed by atoms with Crippen LogP contribution in [0.2, 0.25) is 0 Å².